The zero-order chi connectivity index (χ0) is 13.7. The number of pyridine rings is 1. The molecule has 0 saturated heterocycles. The molecular formula is C15H16N2O2. The van der Waals surface area contributed by atoms with E-state index in [4.69, 9.17) is 10.5 Å². The van der Waals surface area contributed by atoms with Gasteiger partial charge in [0.2, 0.25) is 0 Å². The fourth-order valence-electron chi connectivity index (χ4n) is 1.64. The second-order valence-corrected chi connectivity index (χ2v) is 4.21. The third-order valence-corrected chi connectivity index (χ3v) is 2.62. The van der Waals surface area contributed by atoms with Crippen LogP contribution in [-0.2, 0) is 0 Å². The predicted octanol–water partition coefficient (Wildman–Crippen LogP) is 2.68. The Bertz CT molecular complexity index is 565. The van der Waals surface area contributed by atoms with Crippen molar-refractivity contribution in [3.8, 4) is 5.75 Å². The van der Waals surface area contributed by atoms with Gasteiger partial charge in [0, 0.05) is 23.0 Å². The molecule has 0 saturated carbocycles. The molecule has 1 aromatic carbocycles. The summed E-state index contributed by atoms with van der Waals surface area (Å²) in [5.74, 6) is 0.526. The number of carbonyl (C=O) groups is 1. The first-order valence-corrected chi connectivity index (χ1v) is 6.19. The van der Waals surface area contributed by atoms with E-state index in [0.717, 1.165) is 6.42 Å². The highest BCUT2D eigenvalue weighted by molar-refractivity contribution is 6.09. The topological polar surface area (TPSA) is 65.2 Å². The summed E-state index contributed by atoms with van der Waals surface area (Å²) in [6.07, 6.45) is 4.06. The molecule has 1 aromatic heterocycles. The van der Waals surface area contributed by atoms with Gasteiger partial charge in [-0.3, -0.25) is 9.78 Å². The molecule has 0 aliphatic carbocycles. The van der Waals surface area contributed by atoms with Gasteiger partial charge in [-0.2, -0.15) is 0 Å². The molecule has 98 valence electrons. The van der Waals surface area contributed by atoms with E-state index in [1.807, 2.05) is 6.92 Å². The Morgan fingerprint density at radius 2 is 1.95 bits per heavy atom. The fourth-order valence-corrected chi connectivity index (χ4v) is 1.64. The van der Waals surface area contributed by atoms with Gasteiger partial charge in [-0.05, 0) is 36.8 Å². The minimum atomic E-state index is -0.0885. The Hall–Kier alpha value is -2.36. The number of rotatable bonds is 5. The van der Waals surface area contributed by atoms with E-state index in [-0.39, 0.29) is 5.78 Å². The van der Waals surface area contributed by atoms with Crippen LogP contribution in [0, 0.1) is 0 Å². The number of hydrogen-bond donors (Lipinski definition) is 1. The average molecular weight is 256 g/mol. The van der Waals surface area contributed by atoms with Crippen LogP contribution in [0.3, 0.4) is 0 Å². The second kappa shape index (κ2) is 6.00. The molecule has 0 bridgehead atoms. The summed E-state index contributed by atoms with van der Waals surface area (Å²) in [5.41, 5.74) is 7.33. The number of nitrogens with zero attached hydrogens (tertiary/aromatic N) is 1. The first-order valence-electron chi connectivity index (χ1n) is 6.19. The fraction of sp³-hybridized carbons (Fsp3) is 0.200. The van der Waals surface area contributed by atoms with Gasteiger partial charge in [0.05, 0.1) is 12.8 Å². The van der Waals surface area contributed by atoms with Crippen LogP contribution in [0.15, 0.2) is 42.7 Å². The molecular weight excluding hydrogens is 240 g/mol. The number of carbonyl (C=O) groups excluding carboxylic acids is 1. The zero-order valence-electron chi connectivity index (χ0n) is 10.8. The summed E-state index contributed by atoms with van der Waals surface area (Å²) in [4.78, 5) is 16.3. The number of nitrogen functional groups attached to an aromatic ring is 1. The van der Waals surface area contributed by atoms with Crippen LogP contribution in [0.2, 0.25) is 0 Å². The molecule has 2 aromatic rings. The maximum absolute atomic E-state index is 12.2. The van der Waals surface area contributed by atoms with Crippen molar-refractivity contribution in [2.24, 2.45) is 0 Å². The van der Waals surface area contributed by atoms with Crippen LogP contribution in [0.25, 0.3) is 0 Å². The largest absolute Gasteiger partial charge is 0.492 e. The monoisotopic (exact) mass is 256 g/mol. The van der Waals surface area contributed by atoms with Crippen molar-refractivity contribution < 1.29 is 9.53 Å². The molecule has 0 aliphatic rings. The lowest BCUT2D eigenvalue weighted by atomic mass is 10.0. The standard InChI is InChI=1S/C15H16N2O2/c1-2-7-19-14-8-12(9-17-10-14)15(18)11-3-5-13(16)6-4-11/h3-6,8-10H,2,7,16H2,1H3. The molecule has 0 fully saturated rings. The van der Waals surface area contributed by atoms with E-state index in [9.17, 15) is 4.79 Å². The normalized spacial score (nSPS) is 10.2. The van der Waals surface area contributed by atoms with Crippen molar-refractivity contribution in [3.63, 3.8) is 0 Å². The predicted molar refractivity (Wildman–Crippen MR) is 74.3 cm³/mol. The summed E-state index contributed by atoms with van der Waals surface area (Å²) < 4.78 is 5.47. The Morgan fingerprint density at radius 1 is 1.21 bits per heavy atom. The van der Waals surface area contributed by atoms with Crippen molar-refractivity contribution in [2.45, 2.75) is 13.3 Å². The van der Waals surface area contributed by atoms with Crippen LogP contribution in [0.4, 0.5) is 5.69 Å². The lowest BCUT2D eigenvalue weighted by Gasteiger charge is -2.06. The average Bonchev–Trinajstić information content (AvgIpc) is 2.45. The van der Waals surface area contributed by atoms with Gasteiger partial charge in [0.15, 0.2) is 5.78 Å². The van der Waals surface area contributed by atoms with Crippen molar-refractivity contribution in [1.29, 1.82) is 0 Å². The number of ether oxygens (including phenoxy) is 1. The summed E-state index contributed by atoms with van der Waals surface area (Å²) in [6.45, 7) is 2.64. The number of aromatic nitrogens is 1. The first kappa shape index (κ1) is 13.1. The van der Waals surface area contributed by atoms with Gasteiger partial charge >= 0.3 is 0 Å². The number of nitrogens with two attached hydrogens (primary N) is 1. The SMILES string of the molecule is CCCOc1cncc(C(=O)c2ccc(N)cc2)c1. The maximum Gasteiger partial charge on any atom is 0.194 e. The minimum Gasteiger partial charge on any atom is -0.492 e. The van der Waals surface area contributed by atoms with E-state index >= 15 is 0 Å². The lowest BCUT2D eigenvalue weighted by molar-refractivity contribution is 0.103. The van der Waals surface area contributed by atoms with Gasteiger partial charge in [0.1, 0.15) is 5.75 Å². The Labute approximate surface area is 112 Å². The van der Waals surface area contributed by atoms with E-state index in [1.165, 1.54) is 6.20 Å². The Kier molecular flexibility index (Phi) is 4.13. The van der Waals surface area contributed by atoms with Crippen LogP contribution in [-0.4, -0.2) is 17.4 Å². The van der Waals surface area contributed by atoms with Crippen molar-refractivity contribution in [3.05, 3.63) is 53.9 Å². The zero-order valence-corrected chi connectivity index (χ0v) is 10.8. The van der Waals surface area contributed by atoms with Gasteiger partial charge in [-0.25, -0.2) is 0 Å². The number of hydrogen-bond acceptors (Lipinski definition) is 4. The maximum atomic E-state index is 12.2. The van der Waals surface area contributed by atoms with Crippen molar-refractivity contribution in [1.82, 2.24) is 4.98 Å². The molecule has 0 spiro atoms. The molecule has 1 heterocycles. The molecule has 4 heteroatoms. The van der Waals surface area contributed by atoms with E-state index in [1.54, 1.807) is 36.5 Å². The van der Waals surface area contributed by atoms with Crippen LogP contribution in [0.1, 0.15) is 29.3 Å². The third kappa shape index (κ3) is 3.31. The van der Waals surface area contributed by atoms with E-state index in [2.05, 4.69) is 4.98 Å². The van der Waals surface area contributed by atoms with Crippen LogP contribution in [0.5, 0.6) is 5.75 Å². The molecule has 0 atom stereocenters. The van der Waals surface area contributed by atoms with Crippen molar-refractivity contribution >= 4 is 11.5 Å². The van der Waals surface area contributed by atoms with Gasteiger partial charge < -0.3 is 10.5 Å². The molecule has 0 radical (unpaired) electrons. The lowest BCUT2D eigenvalue weighted by Crippen LogP contribution is -2.03. The molecule has 2 N–H and O–H groups in total. The quantitative estimate of drug-likeness (QED) is 0.659. The molecule has 0 amide bonds. The van der Waals surface area contributed by atoms with Crippen molar-refractivity contribution in [2.75, 3.05) is 12.3 Å². The highest BCUT2D eigenvalue weighted by Gasteiger charge is 2.10. The summed E-state index contributed by atoms with van der Waals surface area (Å²) >= 11 is 0. The molecule has 4 nitrogen and oxygen atoms in total. The highest BCUT2D eigenvalue weighted by Crippen LogP contribution is 2.16. The molecule has 19 heavy (non-hydrogen) atoms. The molecule has 0 aliphatic heterocycles. The van der Waals surface area contributed by atoms with Gasteiger partial charge in [-0.1, -0.05) is 6.92 Å². The molecule has 2 rings (SSSR count). The minimum absolute atomic E-state index is 0.0885. The second-order valence-electron chi connectivity index (χ2n) is 4.21. The van der Waals surface area contributed by atoms with E-state index < -0.39 is 0 Å². The van der Waals surface area contributed by atoms with Gasteiger partial charge in [0.25, 0.3) is 0 Å². The third-order valence-electron chi connectivity index (χ3n) is 2.62. The van der Waals surface area contributed by atoms with Crippen LogP contribution < -0.4 is 10.5 Å². The Balaban J connectivity index is 2.21. The number of ketones is 1. The smallest absolute Gasteiger partial charge is 0.194 e. The summed E-state index contributed by atoms with van der Waals surface area (Å²) in [5, 5.41) is 0. The summed E-state index contributed by atoms with van der Waals surface area (Å²) in [6, 6.07) is 8.53. The van der Waals surface area contributed by atoms with Crippen LogP contribution >= 0.6 is 0 Å². The Morgan fingerprint density at radius 3 is 2.63 bits per heavy atom. The molecule has 0 unspecified atom stereocenters. The van der Waals surface area contributed by atoms with E-state index in [0.29, 0.717) is 29.2 Å². The first-order chi connectivity index (χ1) is 9.20. The number of benzene rings is 1. The van der Waals surface area contributed by atoms with Gasteiger partial charge in [-0.15, -0.1) is 0 Å². The summed E-state index contributed by atoms with van der Waals surface area (Å²) in [7, 11) is 0. The number of anilines is 1. The highest BCUT2D eigenvalue weighted by atomic mass is 16.5.